The first-order chi connectivity index (χ1) is 12.2. The van der Waals surface area contributed by atoms with E-state index in [9.17, 15) is 9.59 Å². The van der Waals surface area contributed by atoms with E-state index in [1.807, 2.05) is 6.07 Å². The minimum Gasteiger partial charge on any atom is -0.465 e. The molecule has 2 aromatic carbocycles. The standard InChI is InChI=1S/C20H22N2O3/c1-25-19(23)17-9-5-6-10-18(17)21-20(24)22-13-11-16(12-14-22)15-7-3-2-4-8-15/h2-10,16H,11-14H2,1H3,(H,21,24). The van der Waals surface area contributed by atoms with E-state index < -0.39 is 5.97 Å². The Kier molecular flexibility index (Phi) is 5.33. The highest BCUT2D eigenvalue weighted by atomic mass is 16.5. The quantitative estimate of drug-likeness (QED) is 0.864. The lowest BCUT2D eigenvalue weighted by Crippen LogP contribution is -2.40. The molecule has 0 unspecified atom stereocenters. The number of ether oxygens (including phenoxy) is 1. The molecule has 3 rings (SSSR count). The number of hydrogen-bond donors (Lipinski definition) is 1. The molecule has 0 bridgehead atoms. The Morgan fingerprint density at radius 2 is 1.64 bits per heavy atom. The number of nitrogens with zero attached hydrogens (tertiary/aromatic N) is 1. The predicted molar refractivity (Wildman–Crippen MR) is 96.8 cm³/mol. The van der Waals surface area contributed by atoms with Gasteiger partial charge in [0.1, 0.15) is 0 Å². The van der Waals surface area contributed by atoms with Crippen LogP contribution in [0.1, 0.15) is 34.7 Å². The van der Waals surface area contributed by atoms with Crippen LogP contribution in [0.2, 0.25) is 0 Å². The third kappa shape index (κ3) is 3.99. The monoisotopic (exact) mass is 338 g/mol. The summed E-state index contributed by atoms with van der Waals surface area (Å²) in [4.78, 5) is 26.1. The van der Waals surface area contributed by atoms with Crippen molar-refractivity contribution in [2.45, 2.75) is 18.8 Å². The number of urea groups is 1. The van der Waals surface area contributed by atoms with Crippen LogP contribution in [0.4, 0.5) is 10.5 Å². The van der Waals surface area contributed by atoms with Crippen molar-refractivity contribution >= 4 is 17.7 Å². The number of rotatable bonds is 3. The number of para-hydroxylation sites is 1. The van der Waals surface area contributed by atoms with Crippen molar-refractivity contribution in [3.8, 4) is 0 Å². The molecule has 130 valence electrons. The minimum absolute atomic E-state index is 0.178. The molecule has 25 heavy (non-hydrogen) atoms. The van der Waals surface area contributed by atoms with Gasteiger partial charge in [0.05, 0.1) is 18.4 Å². The highest BCUT2D eigenvalue weighted by Crippen LogP contribution is 2.28. The van der Waals surface area contributed by atoms with Crippen LogP contribution in [-0.2, 0) is 4.74 Å². The van der Waals surface area contributed by atoms with Crippen LogP contribution in [0.5, 0.6) is 0 Å². The van der Waals surface area contributed by atoms with E-state index in [1.165, 1.54) is 12.7 Å². The Morgan fingerprint density at radius 3 is 2.32 bits per heavy atom. The van der Waals surface area contributed by atoms with Crippen LogP contribution in [0.3, 0.4) is 0 Å². The molecule has 0 aromatic heterocycles. The molecule has 1 aliphatic rings. The summed E-state index contributed by atoms with van der Waals surface area (Å²) in [6, 6.07) is 17.1. The fourth-order valence-corrected chi connectivity index (χ4v) is 3.22. The van der Waals surface area contributed by atoms with Crippen LogP contribution in [0.25, 0.3) is 0 Å². The summed E-state index contributed by atoms with van der Waals surface area (Å²) >= 11 is 0. The molecule has 5 nitrogen and oxygen atoms in total. The number of methoxy groups -OCH3 is 1. The lowest BCUT2D eigenvalue weighted by atomic mass is 9.90. The van der Waals surface area contributed by atoms with Gasteiger partial charge in [-0.05, 0) is 36.5 Å². The highest BCUT2D eigenvalue weighted by molar-refractivity contribution is 6.00. The molecular formula is C20H22N2O3. The molecule has 1 aliphatic heterocycles. The number of piperidine rings is 1. The minimum atomic E-state index is -0.460. The van der Waals surface area contributed by atoms with Gasteiger partial charge in [0.25, 0.3) is 0 Å². The maximum atomic E-state index is 12.5. The fourth-order valence-electron chi connectivity index (χ4n) is 3.22. The molecule has 0 saturated carbocycles. The first-order valence-electron chi connectivity index (χ1n) is 8.47. The lowest BCUT2D eigenvalue weighted by Gasteiger charge is -2.32. The number of anilines is 1. The van der Waals surface area contributed by atoms with Crippen molar-refractivity contribution in [1.82, 2.24) is 4.90 Å². The van der Waals surface area contributed by atoms with Crippen LogP contribution < -0.4 is 5.32 Å². The van der Waals surface area contributed by atoms with Crippen molar-refractivity contribution in [1.29, 1.82) is 0 Å². The smallest absolute Gasteiger partial charge is 0.339 e. The number of amides is 2. The summed E-state index contributed by atoms with van der Waals surface area (Å²) in [5, 5.41) is 2.84. The Bertz CT molecular complexity index is 738. The third-order valence-electron chi connectivity index (χ3n) is 4.63. The topological polar surface area (TPSA) is 58.6 Å². The van der Waals surface area contributed by atoms with Crippen LogP contribution in [0, 0.1) is 0 Å². The van der Waals surface area contributed by atoms with Gasteiger partial charge in [0.2, 0.25) is 0 Å². The predicted octanol–water partition coefficient (Wildman–Crippen LogP) is 3.88. The molecule has 0 atom stereocenters. The Labute approximate surface area is 147 Å². The number of hydrogen-bond acceptors (Lipinski definition) is 3. The van der Waals surface area contributed by atoms with Crippen LogP contribution in [0.15, 0.2) is 54.6 Å². The van der Waals surface area contributed by atoms with E-state index in [2.05, 4.69) is 29.6 Å². The maximum absolute atomic E-state index is 12.5. The summed E-state index contributed by atoms with van der Waals surface area (Å²) in [7, 11) is 1.33. The molecule has 1 heterocycles. The zero-order valence-corrected chi connectivity index (χ0v) is 14.3. The van der Waals surface area contributed by atoms with Crippen LogP contribution >= 0.6 is 0 Å². The molecule has 1 fully saturated rings. The summed E-state index contributed by atoms with van der Waals surface area (Å²) < 4.78 is 4.76. The molecular weight excluding hydrogens is 316 g/mol. The van der Waals surface area contributed by atoms with Gasteiger partial charge in [0.15, 0.2) is 0 Å². The summed E-state index contributed by atoms with van der Waals surface area (Å²) in [6.07, 6.45) is 1.88. The van der Waals surface area contributed by atoms with Crippen molar-refractivity contribution in [2.24, 2.45) is 0 Å². The van der Waals surface area contributed by atoms with Crippen LogP contribution in [-0.4, -0.2) is 37.1 Å². The number of carbonyl (C=O) groups is 2. The van der Waals surface area contributed by atoms with Gasteiger partial charge in [-0.1, -0.05) is 42.5 Å². The molecule has 1 N–H and O–H groups in total. The van der Waals surface area contributed by atoms with E-state index in [-0.39, 0.29) is 6.03 Å². The number of nitrogens with one attached hydrogen (secondary N) is 1. The number of carbonyl (C=O) groups excluding carboxylic acids is 2. The third-order valence-corrected chi connectivity index (χ3v) is 4.63. The first-order valence-corrected chi connectivity index (χ1v) is 8.47. The van der Waals surface area contributed by atoms with Gasteiger partial charge in [-0.3, -0.25) is 0 Å². The fraction of sp³-hybridized carbons (Fsp3) is 0.300. The van der Waals surface area contributed by atoms with E-state index in [1.54, 1.807) is 29.2 Å². The van der Waals surface area contributed by atoms with Crippen molar-refractivity contribution < 1.29 is 14.3 Å². The molecule has 0 aliphatic carbocycles. The summed E-state index contributed by atoms with van der Waals surface area (Å²) in [6.45, 7) is 1.40. The second-order valence-corrected chi connectivity index (χ2v) is 6.14. The first kappa shape index (κ1) is 17.0. The summed E-state index contributed by atoms with van der Waals surface area (Å²) in [5.41, 5.74) is 2.17. The van der Waals surface area contributed by atoms with E-state index in [0.717, 1.165) is 12.8 Å². The van der Waals surface area contributed by atoms with Crippen molar-refractivity contribution in [3.63, 3.8) is 0 Å². The van der Waals surface area contributed by atoms with Gasteiger partial charge in [-0.25, -0.2) is 9.59 Å². The number of likely N-dealkylation sites (tertiary alicyclic amines) is 1. The van der Waals surface area contributed by atoms with Gasteiger partial charge < -0.3 is 15.0 Å². The largest absolute Gasteiger partial charge is 0.465 e. The zero-order valence-electron chi connectivity index (χ0n) is 14.3. The number of esters is 1. The van der Waals surface area contributed by atoms with E-state index in [0.29, 0.717) is 30.3 Å². The highest BCUT2D eigenvalue weighted by Gasteiger charge is 2.24. The molecule has 0 spiro atoms. The average molecular weight is 338 g/mol. The Hall–Kier alpha value is -2.82. The molecule has 1 saturated heterocycles. The van der Waals surface area contributed by atoms with E-state index in [4.69, 9.17) is 4.74 Å². The van der Waals surface area contributed by atoms with Gasteiger partial charge in [-0.15, -0.1) is 0 Å². The average Bonchev–Trinajstić information content (AvgIpc) is 2.68. The van der Waals surface area contributed by atoms with Crippen molar-refractivity contribution in [2.75, 3.05) is 25.5 Å². The molecule has 2 amide bonds. The maximum Gasteiger partial charge on any atom is 0.339 e. The van der Waals surface area contributed by atoms with Crippen molar-refractivity contribution in [3.05, 3.63) is 65.7 Å². The molecule has 0 radical (unpaired) electrons. The normalized spacial score (nSPS) is 14.8. The van der Waals surface area contributed by atoms with Gasteiger partial charge >= 0.3 is 12.0 Å². The van der Waals surface area contributed by atoms with Gasteiger partial charge in [-0.2, -0.15) is 0 Å². The zero-order chi connectivity index (χ0) is 17.6. The second kappa shape index (κ2) is 7.83. The molecule has 5 heteroatoms. The number of benzene rings is 2. The summed E-state index contributed by atoms with van der Waals surface area (Å²) in [5.74, 6) is 0.0336. The van der Waals surface area contributed by atoms with Gasteiger partial charge in [0, 0.05) is 13.1 Å². The Morgan fingerprint density at radius 1 is 1.00 bits per heavy atom. The van der Waals surface area contributed by atoms with E-state index >= 15 is 0 Å². The SMILES string of the molecule is COC(=O)c1ccccc1NC(=O)N1CCC(c2ccccc2)CC1. The molecule has 2 aromatic rings. The lowest BCUT2D eigenvalue weighted by molar-refractivity contribution is 0.0602. The Balaban J connectivity index is 1.61. The second-order valence-electron chi connectivity index (χ2n) is 6.14.